The van der Waals surface area contributed by atoms with Crippen LogP contribution in [0.3, 0.4) is 0 Å². The van der Waals surface area contributed by atoms with E-state index in [1.165, 1.54) is 0 Å². The lowest BCUT2D eigenvalue weighted by Gasteiger charge is -2.08. The Morgan fingerprint density at radius 3 is 2.55 bits per heavy atom. The maximum absolute atomic E-state index is 11.7. The van der Waals surface area contributed by atoms with Crippen molar-refractivity contribution < 1.29 is 9.53 Å². The third kappa shape index (κ3) is 4.44. The number of halogens is 2. The largest absolute Gasteiger partial charge is 0.484 e. The normalized spacial score (nSPS) is 10.1. The second-order valence-electron chi connectivity index (χ2n) is 4.12. The summed E-state index contributed by atoms with van der Waals surface area (Å²) in [6.07, 6.45) is 0. The number of benzene rings is 2. The first-order chi connectivity index (χ1) is 9.67. The van der Waals surface area contributed by atoms with Crippen LogP contribution in [0, 0.1) is 0 Å². The first-order valence-electron chi connectivity index (χ1n) is 6.00. The molecule has 0 aliphatic rings. The molecular weight excluding hydrogens is 297 g/mol. The standard InChI is InChI=1S/C15H13Cl2NO2/c16-9-11-4-6-13(7-5-11)18-15(19)10-20-14-3-1-2-12(17)8-14/h1-8H,9-10H2,(H,18,19). The van der Waals surface area contributed by atoms with Gasteiger partial charge in [0, 0.05) is 16.6 Å². The Morgan fingerprint density at radius 2 is 1.90 bits per heavy atom. The van der Waals surface area contributed by atoms with Crippen molar-refractivity contribution in [3.8, 4) is 5.75 Å². The molecule has 0 saturated carbocycles. The van der Waals surface area contributed by atoms with Gasteiger partial charge in [-0.05, 0) is 35.9 Å². The maximum Gasteiger partial charge on any atom is 0.262 e. The van der Waals surface area contributed by atoms with Crippen LogP contribution in [0.15, 0.2) is 48.5 Å². The number of hydrogen-bond acceptors (Lipinski definition) is 2. The van der Waals surface area contributed by atoms with E-state index >= 15 is 0 Å². The van der Waals surface area contributed by atoms with E-state index in [9.17, 15) is 4.79 Å². The van der Waals surface area contributed by atoms with Crippen molar-refractivity contribution in [1.29, 1.82) is 0 Å². The molecule has 0 radical (unpaired) electrons. The van der Waals surface area contributed by atoms with Gasteiger partial charge in [-0.25, -0.2) is 0 Å². The minimum Gasteiger partial charge on any atom is -0.484 e. The number of anilines is 1. The van der Waals surface area contributed by atoms with Crippen molar-refractivity contribution in [3.05, 3.63) is 59.1 Å². The molecule has 2 rings (SSSR count). The van der Waals surface area contributed by atoms with Crippen LogP contribution in [0.2, 0.25) is 5.02 Å². The monoisotopic (exact) mass is 309 g/mol. The van der Waals surface area contributed by atoms with Crippen LogP contribution in [0.1, 0.15) is 5.56 Å². The van der Waals surface area contributed by atoms with Gasteiger partial charge in [0.2, 0.25) is 0 Å². The minimum atomic E-state index is -0.233. The summed E-state index contributed by atoms with van der Waals surface area (Å²) >= 11 is 11.5. The van der Waals surface area contributed by atoms with E-state index in [0.717, 1.165) is 5.56 Å². The fourth-order valence-corrected chi connectivity index (χ4v) is 1.94. The minimum absolute atomic E-state index is 0.0718. The van der Waals surface area contributed by atoms with Crippen molar-refractivity contribution >= 4 is 34.8 Å². The smallest absolute Gasteiger partial charge is 0.262 e. The average Bonchev–Trinajstić information content (AvgIpc) is 2.46. The van der Waals surface area contributed by atoms with Gasteiger partial charge in [-0.1, -0.05) is 29.8 Å². The summed E-state index contributed by atoms with van der Waals surface area (Å²) in [5.41, 5.74) is 1.71. The molecule has 1 N–H and O–H groups in total. The zero-order valence-electron chi connectivity index (χ0n) is 10.6. The van der Waals surface area contributed by atoms with Gasteiger partial charge >= 0.3 is 0 Å². The summed E-state index contributed by atoms with van der Waals surface area (Å²) in [4.78, 5) is 11.7. The molecule has 0 unspecified atom stereocenters. The molecule has 0 aliphatic carbocycles. The van der Waals surface area contributed by atoms with Crippen molar-refractivity contribution in [2.75, 3.05) is 11.9 Å². The molecule has 0 bridgehead atoms. The van der Waals surface area contributed by atoms with E-state index in [-0.39, 0.29) is 12.5 Å². The van der Waals surface area contributed by atoms with Gasteiger partial charge in [0.25, 0.3) is 5.91 Å². The van der Waals surface area contributed by atoms with Crippen LogP contribution in [-0.2, 0) is 10.7 Å². The molecule has 0 fully saturated rings. The number of carbonyl (C=O) groups is 1. The molecule has 20 heavy (non-hydrogen) atoms. The van der Waals surface area contributed by atoms with Crippen LogP contribution in [-0.4, -0.2) is 12.5 Å². The Morgan fingerprint density at radius 1 is 1.15 bits per heavy atom. The molecule has 0 aromatic heterocycles. The van der Waals surface area contributed by atoms with Crippen molar-refractivity contribution in [3.63, 3.8) is 0 Å². The van der Waals surface area contributed by atoms with Gasteiger partial charge in [0.05, 0.1) is 0 Å². The number of nitrogens with one attached hydrogen (secondary N) is 1. The number of carbonyl (C=O) groups excluding carboxylic acids is 1. The topological polar surface area (TPSA) is 38.3 Å². The second kappa shape index (κ2) is 7.17. The lowest BCUT2D eigenvalue weighted by atomic mass is 10.2. The molecule has 0 saturated heterocycles. The molecule has 0 atom stereocenters. The quantitative estimate of drug-likeness (QED) is 0.845. The number of ether oxygens (including phenoxy) is 1. The van der Waals surface area contributed by atoms with Gasteiger partial charge < -0.3 is 10.1 Å². The SMILES string of the molecule is O=C(COc1cccc(Cl)c1)Nc1ccc(CCl)cc1. The summed E-state index contributed by atoms with van der Waals surface area (Å²) in [7, 11) is 0. The third-order valence-corrected chi connectivity index (χ3v) is 3.10. The Kier molecular flexibility index (Phi) is 5.27. The molecule has 5 heteroatoms. The van der Waals surface area contributed by atoms with Gasteiger partial charge in [-0.15, -0.1) is 11.6 Å². The molecule has 0 spiro atoms. The molecule has 0 aliphatic heterocycles. The number of rotatable bonds is 5. The van der Waals surface area contributed by atoms with Gasteiger partial charge in [0.15, 0.2) is 6.61 Å². The van der Waals surface area contributed by atoms with Crippen LogP contribution < -0.4 is 10.1 Å². The first-order valence-corrected chi connectivity index (χ1v) is 6.92. The fraction of sp³-hybridized carbons (Fsp3) is 0.133. The summed E-state index contributed by atoms with van der Waals surface area (Å²) in [5, 5.41) is 3.31. The molecular formula is C15H13Cl2NO2. The highest BCUT2D eigenvalue weighted by molar-refractivity contribution is 6.30. The molecule has 3 nitrogen and oxygen atoms in total. The molecule has 2 aromatic rings. The molecule has 104 valence electrons. The van der Waals surface area contributed by atoms with Crippen molar-refractivity contribution in [2.24, 2.45) is 0 Å². The highest BCUT2D eigenvalue weighted by atomic mass is 35.5. The van der Waals surface area contributed by atoms with Crippen LogP contribution in [0.4, 0.5) is 5.69 Å². The van der Waals surface area contributed by atoms with Gasteiger partial charge in [0.1, 0.15) is 5.75 Å². The van der Waals surface area contributed by atoms with Gasteiger partial charge in [-0.3, -0.25) is 4.79 Å². The van der Waals surface area contributed by atoms with Crippen LogP contribution >= 0.6 is 23.2 Å². The highest BCUT2D eigenvalue weighted by Crippen LogP contribution is 2.17. The Hall–Kier alpha value is -1.71. The fourth-order valence-electron chi connectivity index (χ4n) is 1.58. The molecule has 2 aromatic carbocycles. The van der Waals surface area contributed by atoms with E-state index in [1.807, 2.05) is 12.1 Å². The Bertz CT molecular complexity index is 585. The lowest BCUT2D eigenvalue weighted by Crippen LogP contribution is -2.20. The van der Waals surface area contributed by atoms with E-state index in [1.54, 1.807) is 36.4 Å². The van der Waals surface area contributed by atoms with Crippen LogP contribution in [0.25, 0.3) is 0 Å². The average molecular weight is 310 g/mol. The van der Waals surface area contributed by atoms with E-state index < -0.39 is 0 Å². The highest BCUT2D eigenvalue weighted by Gasteiger charge is 2.04. The third-order valence-electron chi connectivity index (χ3n) is 2.56. The Labute approximate surface area is 127 Å². The van der Waals surface area contributed by atoms with Crippen molar-refractivity contribution in [2.45, 2.75) is 5.88 Å². The van der Waals surface area contributed by atoms with E-state index in [2.05, 4.69) is 5.32 Å². The molecule has 1 amide bonds. The predicted octanol–water partition coefficient (Wildman–Crippen LogP) is 4.10. The lowest BCUT2D eigenvalue weighted by molar-refractivity contribution is -0.118. The Balaban J connectivity index is 1.85. The second-order valence-corrected chi connectivity index (χ2v) is 4.83. The first kappa shape index (κ1) is 14.7. The maximum atomic E-state index is 11.7. The number of alkyl halides is 1. The predicted molar refractivity (Wildman–Crippen MR) is 81.6 cm³/mol. The zero-order valence-corrected chi connectivity index (χ0v) is 12.1. The van der Waals surface area contributed by atoms with Crippen LogP contribution in [0.5, 0.6) is 5.75 Å². The summed E-state index contributed by atoms with van der Waals surface area (Å²) in [6, 6.07) is 14.2. The van der Waals surface area contributed by atoms with Gasteiger partial charge in [-0.2, -0.15) is 0 Å². The van der Waals surface area contributed by atoms with E-state index in [0.29, 0.717) is 22.3 Å². The zero-order chi connectivity index (χ0) is 14.4. The summed E-state index contributed by atoms with van der Waals surface area (Å²) in [5.74, 6) is 0.778. The van der Waals surface area contributed by atoms with Crippen molar-refractivity contribution in [1.82, 2.24) is 0 Å². The molecule has 0 heterocycles. The van der Waals surface area contributed by atoms with E-state index in [4.69, 9.17) is 27.9 Å². The summed E-state index contributed by atoms with van der Waals surface area (Å²) in [6.45, 7) is -0.0718. The summed E-state index contributed by atoms with van der Waals surface area (Å²) < 4.78 is 5.35. The number of hydrogen-bond donors (Lipinski definition) is 1. The number of amides is 1.